The number of aromatic hydroxyl groups is 1. The summed E-state index contributed by atoms with van der Waals surface area (Å²) in [6, 6.07) is 20.0. The van der Waals surface area contributed by atoms with Gasteiger partial charge in [-0.25, -0.2) is 4.39 Å². The Bertz CT molecular complexity index is 2310. The van der Waals surface area contributed by atoms with Gasteiger partial charge in [-0.05, 0) is 85.0 Å². The van der Waals surface area contributed by atoms with Crippen molar-refractivity contribution in [1.82, 2.24) is 5.01 Å². The quantitative estimate of drug-likeness (QED) is 0.0863. The number of phenolic OH excluding ortho intramolecular Hbond substituents is 1. The lowest BCUT2D eigenvalue weighted by Crippen LogP contribution is -2.53. The third-order valence-electron chi connectivity index (χ3n) is 11.2. The second-order valence-corrected chi connectivity index (χ2v) is 15.1. The highest BCUT2D eigenvalue weighted by atomic mass is 79.9. The monoisotopic (exact) mass is 814 g/mol. The molecule has 2 heterocycles. The number of nitrogens with zero attached hydrogens (tertiary/aromatic N) is 3. The Balaban J connectivity index is 1.33. The lowest BCUT2D eigenvalue weighted by Gasteiger charge is -2.50. The number of hydrazine groups is 1. The number of nitrogens with one attached hydrogen (secondary N) is 1. The minimum atomic E-state index is -1.73. The van der Waals surface area contributed by atoms with E-state index < -0.39 is 69.4 Å². The van der Waals surface area contributed by atoms with Crippen LogP contribution in [0, 0.1) is 39.6 Å². The van der Waals surface area contributed by atoms with Crippen molar-refractivity contribution in [2.45, 2.75) is 24.2 Å². The van der Waals surface area contributed by atoms with Crippen molar-refractivity contribution < 1.29 is 38.3 Å². The summed E-state index contributed by atoms with van der Waals surface area (Å²) < 4.78 is 19.9. The first-order chi connectivity index (χ1) is 25.9. The number of fused-ring (bicyclic) bond motifs is 4. The average Bonchev–Trinajstić information content (AvgIpc) is 3.54. The van der Waals surface area contributed by atoms with Gasteiger partial charge in [0.25, 0.3) is 17.5 Å². The molecule has 2 aliphatic carbocycles. The van der Waals surface area contributed by atoms with Gasteiger partial charge in [-0.15, -0.1) is 0 Å². The van der Waals surface area contributed by atoms with Crippen molar-refractivity contribution in [3.63, 3.8) is 0 Å². The van der Waals surface area contributed by atoms with Gasteiger partial charge in [-0.2, -0.15) is 5.01 Å². The van der Waals surface area contributed by atoms with Gasteiger partial charge < -0.3 is 9.84 Å². The number of hydrogen-bond acceptors (Lipinski definition) is 9. The van der Waals surface area contributed by atoms with Crippen molar-refractivity contribution in [2.75, 3.05) is 17.4 Å². The highest BCUT2D eigenvalue weighted by molar-refractivity contribution is 9.10. The van der Waals surface area contributed by atoms with Crippen LogP contribution in [0.2, 0.25) is 5.02 Å². The minimum absolute atomic E-state index is 0.0304. The number of ether oxygens (including phenoxy) is 1. The molecule has 0 unspecified atom stereocenters. The van der Waals surface area contributed by atoms with Crippen molar-refractivity contribution in [3.8, 4) is 11.5 Å². The summed E-state index contributed by atoms with van der Waals surface area (Å²) in [6.07, 6.45) is 1.90. The van der Waals surface area contributed by atoms with Gasteiger partial charge in [0, 0.05) is 33.1 Å². The molecule has 8 rings (SSSR count). The summed E-state index contributed by atoms with van der Waals surface area (Å²) >= 11 is 9.86. The Morgan fingerprint density at radius 1 is 0.963 bits per heavy atom. The second kappa shape index (κ2) is 13.1. The van der Waals surface area contributed by atoms with Gasteiger partial charge in [0.15, 0.2) is 11.5 Å². The van der Waals surface area contributed by atoms with Crippen molar-refractivity contribution in [1.29, 1.82) is 0 Å². The van der Waals surface area contributed by atoms with E-state index in [0.29, 0.717) is 20.6 Å². The first-order valence-electron chi connectivity index (χ1n) is 16.9. The number of hydrogen-bond donors (Lipinski definition) is 2. The van der Waals surface area contributed by atoms with Crippen LogP contribution in [-0.2, 0) is 24.6 Å². The molecule has 4 aromatic rings. The van der Waals surface area contributed by atoms with E-state index >= 15 is 4.79 Å². The van der Waals surface area contributed by atoms with Crippen LogP contribution in [0.1, 0.15) is 29.9 Å². The minimum Gasteiger partial charge on any atom is -0.504 e. The second-order valence-electron chi connectivity index (χ2n) is 13.7. The van der Waals surface area contributed by atoms with E-state index in [2.05, 4.69) is 21.4 Å². The molecule has 6 atom stereocenters. The van der Waals surface area contributed by atoms with Crippen LogP contribution in [0.4, 0.5) is 21.5 Å². The number of rotatable bonds is 7. The molecular formula is C39H29BrClFN4O8. The molecule has 0 spiro atoms. The number of imide groups is 2. The molecule has 2 N–H and O–H groups in total. The van der Waals surface area contributed by atoms with Crippen LogP contribution >= 0.6 is 27.5 Å². The number of methoxy groups -OCH3 is 1. The Kier molecular flexibility index (Phi) is 8.57. The van der Waals surface area contributed by atoms with Crippen LogP contribution in [0.25, 0.3) is 0 Å². The van der Waals surface area contributed by atoms with Crippen LogP contribution in [0.5, 0.6) is 11.5 Å². The van der Waals surface area contributed by atoms with E-state index in [4.69, 9.17) is 16.3 Å². The predicted molar refractivity (Wildman–Crippen MR) is 197 cm³/mol. The smallest absolute Gasteiger partial charge is 0.269 e. The van der Waals surface area contributed by atoms with E-state index in [1.807, 2.05) is 6.08 Å². The number of carbonyl (C=O) groups is 4. The maximum atomic E-state index is 15.3. The molecule has 4 aromatic carbocycles. The van der Waals surface area contributed by atoms with Crippen LogP contribution in [-0.4, -0.2) is 45.8 Å². The Morgan fingerprint density at radius 3 is 2.30 bits per heavy atom. The Hall–Kier alpha value is -5.60. The maximum absolute atomic E-state index is 15.3. The number of amides is 4. The number of non-ortho nitro benzene ring substituents is 1. The molecule has 4 aliphatic rings. The highest BCUT2D eigenvalue weighted by Crippen LogP contribution is 2.65. The molecule has 54 heavy (non-hydrogen) atoms. The van der Waals surface area contributed by atoms with Gasteiger partial charge in [-0.3, -0.25) is 39.6 Å². The van der Waals surface area contributed by atoms with Gasteiger partial charge in [0.2, 0.25) is 11.8 Å². The fraction of sp³-hybridized carbons (Fsp3) is 0.231. The lowest BCUT2D eigenvalue weighted by atomic mass is 9.49. The molecule has 274 valence electrons. The zero-order chi connectivity index (χ0) is 38.2. The van der Waals surface area contributed by atoms with Gasteiger partial charge >= 0.3 is 0 Å². The number of nitro benzene ring substituents is 1. The molecule has 12 nitrogen and oxygen atoms in total. The predicted octanol–water partition coefficient (Wildman–Crippen LogP) is 7.05. The summed E-state index contributed by atoms with van der Waals surface area (Å²) in [5.41, 5.74) is 2.62. The molecule has 4 amide bonds. The molecule has 0 bridgehead atoms. The van der Waals surface area contributed by atoms with Crippen molar-refractivity contribution in [2.24, 2.45) is 23.7 Å². The molecular weight excluding hydrogens is 787 g/mol. The maximum Gasteiger partial charge on any atom is 0.269 e. The average molecular weight is 816 g/mol. The number of anilines is 2. The summed E-state index contributed by atoms with van der Waals surface area (Å²) in [5.74, 6) is -7.80. The van der Waals surface area contributed by atoms with E-state index in [0.717, 1.165) is 9.91 Å². The number of halogens is 3. The first-order valence-corrected chi connectivity index (χ1v) is 18.1. The van der Waals surface area contributed by atoms with E-state index in [1.165, 1.54) is 55.6 Å². The normalized spacial score (nSPS) is 25.9. The molecule has 15 heteroatoms. The Morgan fingerprint density at radius 2 is 1.65 bits per heavy atom. The molecule has 0 aromatic heterocycles. The number of carbonyl (C=O) groups excluding carboxylic acids is 4. The topological polar surface area (TPSA) is 159 Å². The van der Waals surface area contributed by atoms with Gasteiger partial charge in [0.1, 0.15) is 5.82 Å². The third kappa shape index (κ3) is 5.22. The zero-order valence-electron chi connectivity index (χ0n) is 28.2. The fourth-order valence-corrected chi connectivity index (χ4v) is 9.53. The number of allylic oxidation sites excluding steroid dienone is 2. The third-order valence-corrected chi connectivity index (χ3v) is 11.9. The van der Waals surface area contributed by atoms with E-state index in [-0.39, 0.29) is 47.0 Å². The summed E-state index contributed by atoms with van der Waals surface area (Å²) in [6.45, 7) is 0. The largest absolute Gasteiger partial charge is 0.504 e. The summed E-state index contributed by atoms with van der Waals surface area (Å²) in [4.78, 5) is 70.4. The van der Waals surface area contributed by atoms with E-state index in [9.17, 15) is 34.0 Å². The molecule has 0 radical (unpaired) electrons. The fourth-order valence-electron chi connectivity index (χ4n) is 8.95. The summed E-state index contributed by atoms with van der Waals surface area (Å²) in [7, 11) is 1.38. The molecule has 2 aliphatic heterocycles. The SMILES string of the molecule is COc1cc(Br)cc([C@H]2C3=CC[C@@H]4C(=O)N(c5ccc([N+](=O)[O-])cc5)C(=O)[C@@H]4[C@@H]3C[C@H]3C(=O)N(Nc4ccc(F)cc4)C(=O)[C@@]23c2ccc(Cl)cc2)c1O. The number of nitro groups is 1. The highest BCUT2D eigenvalue weighted by Gasteiger charge is 2.70. The molecule has 1 saturated carbocycles. The van der Waals surface area contributed by atoms with Crippen LogP contribution < -0.4 is 15.1 Å². The summed E-state index contributed by atoms with van der Waals surface area (Å²) in [5, 5.41) is 24.5. The van der Waals surface area contributed by atoms with Crippen molar-refractivity contribution >= 4 is 68.2 Å². The number of phenols is 1. The lowest BCUT2D eigenvalue weighted by molar-refractivity contribution is -0.384. The van der Waals surface area contributed by atoms with Gasteiger partial charge in [0.05, 0.1) is 46.6 Å². The number of benzene rings is 4. The molecule has 3 fully saturated rings. The van der Waals surface area contributed by atoms with Gasteiger partial charge in [-0.1, -0.05) is 51.3 Å². The van der Waals surface area contributed by atoms with Crippen LogP contribution in [0.15, 0.2) is 101 Å². The molecule has 2 saturated heterocycles. The zero-order valence-corrected chi connectivity index (χ0v) is 30.6. The van der Waals surface area contributed by atoms with E-state index in [1.54, 1.807) is 36.4 Å². The van der Waals surface area contributed by atoms with Crippen molar-refractivity contribution in [3.05, 3.63) is 133 Å². The Labute approximate surface area is 320 Å². The van der Waals surface area contributed by atoms with Crippen LogP contribution in [0.3, 0.4) is 0 Å². The first kappa shape index (κ1) is 35.4. The standard InChI is InChI=1S/C39H29BrClFN4O8/c1-54-31-17-20(40)16-29(34(31)47)33-26-14-15-27-32(37(50)44(35(27)48)24-10-12-25(13-11-24)46(52)53)28(26)18-30-36(49)45(43-23-8-6-22(42)7-9-23)38(51)39(30,33)19-2-4-21(41)5-3-19/h2-14,16-17,27-28,30,32-33,43,47H,15,18H2,1H3/t27-,28+,30-,32-,33+,39+/m0/s1.